The van der Waals surface area contributed by atoms with Crippen LogP contribution in [0.2, 0.25) is 0 Å². The molecule has 0 saturated heterocycles. The van der Waals surface area contributed by atoms with E-state index in [4.69, 9.17) is 0 Å². The first-order valence-corrected chi connectivity index (χ1v) is 7.19. The van der Waals surface area contributed by atoms with Crippen molar-refractivity contribution in [3.8, 4) is 0 Å². The summed E-state index contributed by atoms with van der Waals surface area (Å²) in [6.07, 6.45) is 8.59. The summed E-state index contributed by atoms with van der Waals surface area (Å²) < 4.78 is 0. The Balaban J connectivity index is 1.68. The van der Waals surface area contributed by atoms with Crippen LogP contribution in [-0.2, 0) is 6.54 Å². The van der Waals surface area contributed by atoms with Gasteiger partial charge in [0.25, 0.3) is 0 Å². The van der Waals surface area contributed by atoms with Crippen LogP contribution in [0.5, 0.6) is 0 Å². The second kappa shape index (κ2) is 6.66. The van der Waals surface area contributed by atoms with Gasteiger partial charge in [-0.3, -0.25) is 10.1 Å². The molecular formula is C13H18N2O2S. The first kappa shape index (κ1) is 13.2. The maximum Gasteiger partial charge on any atom is 0.324 e. The molecule has 5 heteroatoms. The van der Waals surface area contributed by atoms with Crippen molar-refractivity contribution in [2.75, 3.05) is 6.54 Å². The van der Waals surface area contributed by atoms with Crippen molar-refractivity contribution in [1.82, 2.24) is 5.32 Å². The lowest BCUT2D eigenvalue weighted by atomic mass is 9.97. The van der Waals surface area contributed by atoms with Crippen LogP contribution < -0.4 is 5.32 Å². The van der Waals surface area contributed by atoms with Crippen molar-refractivity contribution < 1.29 is 4.92 Å². The fraction of sp³-hybridized carbons (Fsp3) is 0.538. The summed E-state index contributed by atoms with van der Waals surface area (Å²) in [5, 5.41) is 14.1. The Bertz CT molecular complexity index is 440. The van der Waals surface area contributed by atoms with Gasteiger partial charge in [-0.05, 0) is 44.7 Å². The van der Waals surface area contributed by atoms with Crippen LogP contribution in [0.4, 0.5) is 5.00 Å². The lowest BCUT2D eigenvalue weighted by Gasteiger charge is -2.12. The number of rotatable bonds is 6. The molecule has 0 bridgehead atoms. The topological polar surface area (TPSA) is 55.2 Å². The third-order valence-electron chi connectivity index (χ3n) is 3.13. The molecule has 1 aromatic heterocycles. The highest BCUT2D eigenvalue weighted by Crippen LogP contribution is 2.24. The van der Waals surface area contributed by atoms with Crippen molar-refractivity contribution in [3.05, 3.63) is 38.8 Å². The molecule has 1 aliphatic carbocycles. The van der Waals surface area contributed by atoms with Crippen LogP contribution in [0, 0.1) is 10.1 Å². The molecule has 4 nitrogen and oxygen atoms in total. The predicted octanol–water partition coefficient (Wildman–Crippen LogP) is 3.64. The molecule has 0 fully saturated rings. The number of hydrogen-bond donors (Lipinski definition) is 1. The van der Waals surface area contributed by atoms with Crippen LogP contribution in [0.25, 0.3) is 0 Å². The molecule has 0 spiro atoms. The monoisotopic (exact) mass is 266 g/mol. The fourth-order valence-corrected chi connectivity index (χ4v) is 2.94. The molecule has 98 valence electrons. The third kappa shape index (κ3) is 3.92. The van der Waals surface area contributed by atoms with Gasteiger partial charge in [0.05, 0.1) is 4.92 Å². The van der Waals surface area contributed by atoms with Gasteiger partial charge in [0, 0.05) is 17.5 Å². The molecule has 0 amide bonds. The number of thiophene rings is 1. The SMILES string of the molecule is O=[N+]([O-])c1ccc(CNCCC2=CCCCC2)s1. The van der Waals surface area contributed by atoms with Crippen molar-refractivity contribution in [2.45, 2.75) is 38.6 Å². The molecule has 1 N–H and O–H groups in total. The van der Waals surface area contributed by atoms with E-state index in [9.17, 15) is 10.1 Å². The minimum atomic E-state index is -0.332. The summed E-state index contributed by atoms with van der Waals surface area (Å²) in [6, 6.07) is 3.40. The molecule has 0 aliphatic heterocycles. The summed E-state index contributed by atoms with van der Waals surface area (Å²) in [6.45, 7) is 1.68. The molecule has 18 heavy (non-hydrogen) atoms. The Hall–Kier alpha value is -1.20. The molecule has 0 aromatic carbocycles. The Morgan fingerprint density at radius 3 is 2.94 bits per heavy atom. The van der Waals surface area contributed by atoms with E-state index in [1.807, 2.05) is 6.07 Å². The summed E-state index contributed by atoms with van der Waals surface area (Å²) in [5.41, 5.74) is 1.56. The maximum absolute atomic E-state index is 10.5. The van der Waals surface area contributed by atoms with Gasteiger partial charge >= 0.3 is 5.00 Å². The van der Waals surface area contributed by atoms with Gasteiger partial charge in [0.15, 0.2) is 0 Å². The smallest absolute Gasteiger partial charge is 0.312 e. The molecule has 0 radical (unpaired) electrons. The normalized spacial score (nSPS) is 15.4. The second-order valence-corrected chi connectivity index (χ2v) is 5.68. The van der Waals surface area contributed by atoms with E-state index in [1.165, 1.54) is 37.0 Å². The second-order valence-electron chi connectivity index (χ2n) is 4.53. The van der Waals surface area contributed by atoms with Gasteiger partial charge in [-0.1, -0.05) is 23.0 Å². The molecular weight excluding hydrogens is 248 g/mol. The van der Waals surface area contributed by atoms with Gasteiger partial charge in [-0.2, -0.15) is 0 Å². The molecule has 1 aliphatic rings. The zero-order valence-electron chi connectivity index (χ0n) is 10.4. The Kier molecular flexibility index (Phi) is 4.90. The Labute approximate surface area is 111 Å². The van der Waals surface area contributed by atoms with Gasteiger partial charge in [-0.25, -0.2) is 0 Å². The maximum atomic E-state index is 10.5. The standard InChI is InChI=1S/C13H18N2O2S/c16-15(17)13-7-6-12(18-13)10-14-9-8-11-4-2-1-3-5-11/h4,6-7,14H,1-3,5,8-10H2. The van der Waals surface area contributed by atoms with Crippen LogP contribution in [0.15, 0.2) is 23.8 Å². The quantitative estimate of drug-likeness (QED) is 0.370. The van der Waals surface area contributed by atoms with Crippen LogP contribution >= 0.6 is 11.3 Å². The zero-order valence-corrected chi connectivity index (χ0v) is 11.2. The van der Waals surface area contributed by atoms with Gasteiger partial charge < -0.3 is 5.32 Å². The van der Waals surface area contributed by atoms with Crippen LogP contribution in [0.1, 0.15) is 37.0 Å². The van der Waals surface area contributed by atoms with Gasteiger partial charge in [0.2, 0.25) is 0 Å². The van der Waals surface area contributed by atoms with Crippen molar-refractivity contribution >= 4 is 16.3 Å². The molecule has 2 rings (SSSR count). The third-order valence-corrected chi connectivity index (χ3v) is 4.17. The predicted molar refractivity (Wildman–Crippen MR) is 73.8 cm³/mol. The highest BCUT2D eigenvalue weighted by Gasteiger charge is 2.09. The highest BCUT2D eigenvalue weighted by atomic mass is 32.1. The Morgan fingerprint density at radius 2 is 2.28 bits per heavy atom. The van der Waals surface area contributed by atoms with E-state index in [1.54, 1.807) is 11.6 Å². The van der Waals surface area contributed by atoms with E-state index < -0.39 is 0 Å². The number of nitro groups is 1. The van der Waals surface area contributed by atoms with Crippen molar-refractivity contribution in [3.63, 3.8) is 0 Å². The number of hydrogen-bond acceptors (Lipinski definition) is 4. The van der Waals surface area contributed by atoms with Gasteiger partial charge in [-0.15, -0.1) is 0 Å². The molecule has 0 atom stereocenters. The lowest BCUT2D eigenvalue weighted by Crippen LogP contribution is -2.14. The first-order chi connectivity index (χ1) is 8.75. The average Bonchev–Trinajstić information content (AvgIpc) is 2.85. The molecule has 0 saturated carbocycles. The minimum absolute atomic E-state index is 0.224. The zero-order chi connectivity index (χ0) is 12.8. The lowest BCUT2D eigenvalue weighted by molar-refractivity contribution is -0.380. The molecule has 1 aromatic rings. The fourth-order valence-electron chi connectivity index (χ4n) is 2.15. The average molecular weight is 266 g/mol. The first-order valence-electron chi connectivity index (χ1n) is 6.37. The van der Waals surface area contributed by atoms with E-state index in [0.29, 0.717) is 0 Å². The van der Waals surface area contributed by atoms with Crippen molar-refractivity contribution in [1.29, 1.82) is 0 Å². The number of nitrogens with one attached hydrogen (secondary N) is 1. The Morgan fingerprint density at radius 1 is 1.39 bits per heavy atom. The van der Waals surface area contributed by atoms with E-state index >= 15 is 0 Å². The molecule has 1 heterocycles. The van der Waals surface area contributed by atoms with Crippen LogP contribution in [-0.4, -0.2) is 11.5 Å². The number of nitrogens with zero attached hydrogens (tertiary/aromatic N) is 1. The van der Waals surface area contributed by atoms with Crippen LogP contribution in [0.3, 0.4) is 0 Å². The summed E-state index contributed by atoms with van der Waals surface area (Å²) >= 11 is 1.25. The summed E-state index contributed by atoms with van der Waals surface area (Å²) in [5.74, 6) is 0. The van der Waals surface area contributed by atoms with E-state index in [2.05, 4.69) is 11.4 Å². The van der Waals surface area contributed by atoms with Crippen molar-refractivity contribution in [2.24, 2.45) is 0 Å². The van der Waals surface area contributed by atoms with E-state index in [0.717, 1.165) is 24.4 Å². The van der Waals surface area contributed by atoms with Gasteiger partial charge in [0.1, 0.15) is 0 Å². The largest absolute Gasteiger partial charge is 0.324 e. The highest BCUT2D eigenvalue weighted by molar-refractivity contribution is 7.15. The molecule has 0 unspecified atom stereocenters. The minimum Gasteiger partial charge on any atom is -0.312 e. The van der Waals surface area contributed by atoms with E-state index in [-0.39, 0.29) is 9.92 Å². The summed E-state index contributed by atoms with van der Waals surface area (Å²) in [7, 11) is 0. The summed E-state index contributed by atoms with van der Waals surface area (Å²) in [4.78, 5) is 11.2. The number of allylic oxidation sites excluding steroid dienone is 1.